The minimum atomic E-state index is -1.01. The number of allylic oxidation sites excluding steroid dienone is 2. The average Bonchev–Trinajstić information content (AvgIpc) is 3.05. The molecule has 3 fully saturated rings. The summed E-state index contributed by atoms with van der Waals surface area (Å²) in [6.45, 7) is 5.84. The van der Waals surface area contributed by atoms with Crippen LogP contribution in [0.25, 0.3) is 0 Å². The molecule has 0 saturated heterocycles. The van der Waals surface area contributed by atoms with Gasteiger partial charge in [0.15, 0.2) is 11.6 Å². The minimum Gasteiger partial charge on any atom is -0.868 e. The molecule has 0 spiro atoms. The predicted molar refractivity (Wildman–Crippen MR) is 110 cm³/mol. The number of rotatable bonds is 4. The Kier molecular flexibility index (Phi) is 7.29. The maximum atomic E-state index is 13.5. The second-order valence-corrected chi connectivity index (χ2v) is 10.3. The van der Waals surface area contributed by atoms with E-state index in [0.29, 0.717) is 19.3 Å². The van der Waals surface area contributed by atoms with Crippen molar-refractivity contribution in [3.8, 4) is 0 Å². The van der Waals surface area contributed by atoms with Gasteiger partial charge in [0.05, 0.1) is 6.61 Å². The second-order valence-electron chi connectivity index (χ2n) is 10.3. The summed E-state index contributed by atoms with van der Waals surface area (Å²) in [5, 5.41) is 12.0. The molecule has 0 aromatic rings. The van der Waals surface area contributed by atoms with Gasteiger partial charge in [-0.05, 0) is 79.6 Å². The molecule has 7 heteroatoms. The van der Waals surface area contributed by atoms with Crippen molar-refractivity contribution in [1.82, 2.24) is 0 Å². The van der Waals surface area contributed by atoms with Gasteiger partial charge in [-0.3, -0.25) is 14.4 Å². The smallest absolute Gasteiger partial charge is 0.868 e. The van der Waals surface area contributed by atoms with Gasteiger partial charge in [-0.25, -0.2) is 4.79 Å². The molecule has 3 saturated carbocycles. The zero-order valence-corrected chi connectivity index (χ0v) is 21.6. The van der Waals surface area contributed by atoms with Gasteiger partial charge in [0.2, 0.25) is 0 Å². The van der Waals surface area contributed by atoms with Crippen LogP contribution in [0.15, 0.2) is 23.5 Å². The van der Waals surface area contributed by atoms with Crippen LogP contribution in [0, 0.1) is 34.5 Å². The summed E-state index contributed by atoms with van der Waals surface area (Å²) in [6.07, 6.45) is 7.33. The first kappa shape index (κ1) is 25.4. The third kappa shape index (κ3) is 3.97. The second kappa shape index (κ2) is 9.19. The number of carbonyl (C=O) groups is 4. The molecule has 4 rings (SSSR count). The van der Waals surface area contributed by atoms with Crippen LogP contribution in [0.3, 0.4) is 0 Å². The van der Waals surface area contributed by atoms with Gasteiger partial charge in [0, 0.05) is 24.7 Å². The Morgan fingerprint density at radius 3 is 2.59 bits per heavy atom. The van der Waals surface area contributed by atoms with Crippen LogP contribution in [-0.4, -0.2) is 29.9 Å². The zero-order chi connectivity index (χ0) is 22.6. The topological polar surface area (TPSA) is 101 Å². The molecule has 0 aliphatic heterocycles. The molecule has 0 amide bonds. The summed E-state index contributed by atoms with van der Waals surface area (Å²) < 4.78 is 4.70. The summed E-state index contributed by atoms with van der Waals surface area (Å²) in [5.74, 6) is -2.06. The van der Waals surface area contributed by atoms with Crippen molar-refractivity contribution in [3.05, 3.63) is 23.5 Å². The normalized spacial score (nSPS) is 38.6. The Bertz CT molecular complexity index is 904. The van der Waals surface area contributed by atoms with E-state index in [9.17, 15) is 24.3 Å². The largest absolute Gasteiger partial charge is 1.00 e. The summed E-state index contributed by atoms with van der Waals surface area (Å²) in [7, 11) is 0. The van der Waals surface area contributed by atoms with Crippen LogP contribution >= 0.6 is 0 Å². The number of esters is 1. The minimum absolute atomic E-state index is 0. The Labute approximate surface area is 211 Å². The molecule has 0 aromatic carbocycles. The van der Waals surface area contributed by atoms with Crippen molar-refractivity contribution < 1.29 is 58.6 Å². The van der Waals surface area contributed by atoms with E-state index in [1.54, 1.807) is 13.0 Å². The van der Waals surface area contributed by atoms with Crippen LogP contribution in [0.1, 0.15) is 65.7 Å². The number of ketones is 3. The molecule has 32 heavy (non-hydrogen) atoms. The third-order valence-corrected chi connectivity index (χ3v) is 8.74. The standard InChI is InChI=1S/C25H32O6.Na/c1-4-31-23(30)20(28)12-19(27)18-8-7-17-16-6-5-14-11-15(26)9-10-24(14,2)22(16)21(29)13-25(17,18)3;/h11-12,16-18,22,28H,4-10,13H2,1-3H3;/q;+1/p-1/b20-12-;/t16-,17-,18+,22+,24-,25-;/m0./s1. The van der Waals surface area contributed by atoms with E-state index in [1.165, 1.54) is 0 Å². The van der Waals surface area contributed by atoms with Crippen LogP contribution in [0.2, 0.25) is 0 Å². The van der Waals surface area contributed by atoms with Crippen LogP contribution < -0.4 is 34.7 Å². The fourth-order valence-electron chi connectivity index (χ4n) is 7.34. The summed E-state index contributed by atoms with van der Waals surface area (Å²) >= 11 is 0. The summed E-state index contributed by atoms with van der Waals surface area (Å²) in [6, 6.07) is 0. The quantitative estimate of drug-likeness (QED) is 0.252. The van der Waals surface area contributed by atoms with Crippen molar-refractivity contribution in [2.24, 2.45) is 34.5 Å². The molecule has 0 aromatic heterocycles. The van der Waals surface area contributed by atoms with Crippen molar-refractivity contribution in [2.45, 2.75) is 65.7 Å². The summed E-state index contributed by atoms with van der Waals surface area (Å²) in [4.78, 5) is 50.1. The van der Waals surface area contributed by atoms with Crippen molar-refractivity contribution in [1.29, 1.82) is 0 Å². The molecular weight excluding hydrogens is 419 g/mol. The van der Waals surface area contributed by atoms with Gasteiger partial charge in [0.25, 0.3) is 0 Å². The fraction of sp³-hybridized carbons (Fsp3) is 0.680. The maximum Gasteiger partial charge on any atom is 1.00 e. The molecule has 0 N–H and O–H groups in total. The first-order valence-electron chi connectivity index (χ1n) is 11.5. The summed E-state index contributed by atoms with van der Waals surface area (Å²) in [5.41, 5.74) is 0.368. The molecule has 0 heterocycles. The number of Topliss-reactive ketones (excluding diaryl/α,β-unsaturated/α-hetero) is 1. The average molecular weight is 451 g/mol. The Hall–Kier alpha value is -1.24. The number of hydrogen-bond acceptors (Lipinski definition) is 6. The van der Waals surface area contributed by atoms with Gasteiger partial charge in [-0.1, -0.05) is 19.4 Å². The van der Waals surface area contributed by atoms with Gasteiger partial charge in [-0.2, -0.15) is 0 Å². The maximum absolute atomic E-state index is 13.5. The van der Waals surface area contributed by atoms with Crippen LogP contribution in [0.4, 0.5) is 0 Å². The molecular formula is C25H31NaO6. The molecule has 4 aliphatic carbocycles. The molecule has 4 aliphatic rings. The van der Waals surface area contributed by atoms with Crippen LogP contribution in [0.5, 0.6) is 0 Å². The molecule has 6 atom stereocenters. The third-order valence-electron chi connectivity index (χ3n) is 8.74. The fourth-order valence-corrected chi connectivity index (χ4v) is 7.34. The Morgan fingerprint density at radius 1 is 1.19 bits per heavy atom. The first-order chi connectivity index (χ1) is 14.6. The van der Waals surface area contributed by atoms with E-state index in [1.807, 2.05) is 6.92 Å². The Balaban J connectivity index is 0.00000289. The molecule has 168 valence electrons. The van der Waals surface area contributed by atoms with E-state index in [2.05, 4.69) is 6.92 Å². The van der Waals surface area contributed by atoms with Crippen molar-refractivity contribution >= 4 is 23.3 Å². The van der Waals surface area contributed by atoms with Crippen LogP contribution in [-0.2, 0) is 23.9 Å². The van der Waals surface area contributed by atoms with Gasteiger partial charge in [-0.15, -0.1) is 0 Å². The SMILES string of the molecule is CCOC(=O)/C([O-])=C/C(=O)[C@H]1CC[C@H]2[C@@H]3CCC4=CC(=O)CC[C@]4(C)[C@H]3C(=O)C[C@]12C.[Na+]. The number of fused-ring (bicyclic) bond motifs is 5. The van der Waals surface area contributed by atoms with Gasteiger partial charge in [0.1, 0.15) is 5.78 Å². The number of hydrogen-bond donors (Lipinski definition) is 0. The van der Waals surface area contributed by atoms with E-state index in [0.717, 1.165) is 37.3 Å². The van der Waals surface area contributed by atoms with Crippen molar-refractivity contribution in [3.63, 3.8) is 0 Å². The first-order valence-corrected chi connectivity index (χ1v) is 11.5. The monoisotopic (exact) mass is 450 g/mol. The van der Waals surface area contributed by atoms with E-state index in [4.69, 9.17) is 4.74 Å². The molecule has 6 nitrogen and oxygen atoms in total. The van der Waals surface area contributed by atoms with E-state index in [-0.39, 0.29) is 76.7 Å². The molecule has 0 radical (unpaired) electrons. The van der Waals surface area contributed by atoms with Gasteiger partial charge >= 0.3 is 35.5 Å². The van der Waals surface area contributed by atoms with Crippen molar-refractivity contribution in [2.75, 3.05) is 6.61 Å². The zero-order valence-electron chi connectivity index (χ0n) is 19.6. The Morgan fingerprint density at radius 2 is 1.91 bits per heavy atom. The van der Waals surface area contributed by atoms with E-state index < -0.39 is 23.1 Å². The predicted octanol–water partition coefficient (Wildman–Crippen LogP) is -0.306. The molecule has 0 bridgehead atoms. The van der Waals surface area contributed by atoms with E-state index >= 15 is 0 Å². The number of carbonyl (C=O) groups excluding carboxylic acids is 4. The molecule has 0 unspecified atom stereocenters. The number of ether oxygens (including phenoxy) is 1. The van der Waals surface area contributed by atoms with Gasteiger partial charge < -0.3 is 9.84 Å².